The number of benzene rings is 2. The van der Waals surface area contributed by atoms with Gasteiger partial charge < -0.3 is 15.1 Å². The predicted molar refractivity (Wildman–Crippen MR) is 140 cm³/mol. The van der Waals surface area contributed by atoms with Crippen molar-refractivity contribution in [3.8, 4) is 0 Å². The molecule has 0 saturated carbocycles. The van der Waals surface area contributed by atoms with Gasteiger partial charge in [0.25, 0.3) is 0 Å². The molecule has 9 heteroatoms. The Balaban J connectivity index is 0.00000363. The first-order valence-electron chi connectivity index (χ1n) is 10.2. The second kappa shape index (κ2) is 11.2. The number of guanidine groups is 1. The van der Waals surface area contributed by atoms with Gasteiger partial charge in [0, 0.05) is 37.6 Å². The van der Waals surface area contributed by atoms with E-state index in [0.29, 0.717) is 19.0 Å². The van der Waals surface area contributed by atoms with Gasteiger partial charge >= 0.3 is 0 Å². The van der Waals surface area contributed by atoms with Crippen molar-refractivity contribution in [1.82, 2.24) is 14.9 Å². The van der Waals surface area contributed by atoms with E-state index in [2.05, 4.69) is 15.6 Å². The molecular weight excluding hydrogens is 539 g/mol. The van der Waals surface area contributed by atoms with Crippen LogP contribution in [0.2, 0.25) is 0 Å². The van der Waals surface area contributed by atoms with Gasteiger partial charge in [-0.05, 0) is 44.5 Å². The number of hydrogen-bond acceptors (Lipinski definition) is 4. The van der Waals surface area contributed by atoms with Crippen LogP contribution in [0.5, 0.6) is 0 Å². The molecule has 0 spiro atoms. The Morgan fingerprint density at radius 1 is 1.06 bits per heavy atom. The normalized spacial score (nSPS) is 12.3. The summed E-state index contributed by atoms with van der Waals surface area (Å²) in [6.07, 6.45) is 0. The summed E-state index contributed by atoms with van der Waals surface area (Å²) in [5.41, 5.74) is 2.94. The lowest BCUT2D eigenvalue weighted by Gasteiger charge is -2.21. The highest BCUT2D eigenvalue weighted by Gasteiger charge is 2.22. The maximum Gasteiger partial charge on any atom is 0.243 e. The lowest BCUT2D eigenvalue weighted by Crippen LogP contribution is -2.36. The summed E-state index contributed by atoms with van der Waals surface area (Å²) in [6.45, 7) is 6.77. The SMILES string of the molecule is CN=C(NCc1ccc(S(=O)(=O)N(C)C(C)C)cc1)NCc1oc2ccccc2c1C.I. The molecule has 0 aliphatic heterocycles. The van der Waals surface area contributed by atoms with Crippen molar-refractivity contribution in [2.24, 2.45) is 4.99 Å². The van der Waals surface area contributed by atoms with Gasteiger partial charge in [-0.15, -0.1) is 24.0 Å². The summed E-state index contributed by atoms with van der Waals surface area (Å²) < 4.78 is 32.5. The van der Waals surface area contributed by atoms with Crippen molar-refractivity contribution in [3.63, 3.8) is 0 Å². The highest BCUT2D eigenvalue weighted by molar-refractivity contribution is 14.0. The highest BCUT2D eigenvalue weighted by Crippen LogP contribution is 2.24. The smallest absolute Gasteiger partial charge is 0.243 e. The summed E-state index contributed by atoms with van der Waals surface area (Å²) in [5.74, 6) is 1.50. The molecule has 3 rings (SSSR count). The average molecular weight is 570 g/mol. The average Bonchev–Trinajstić information content (AvgIpc) is 3.09. The molecule has 0 saturated heterocycles. The number of furan rings is 1. The lowest BCUT2D eigenvalue weighted by molar-refractivity contribution is 0.410. The molecule has 0 unspecified atom stereocenters. The molecule has 0 aliphatic rings. The third-order valence-electron chi connectivity index (χ3n) is 5.37. The number of nitrogens with one attached hydrogen (secondary N) is 2. The van der Waals surface area contributed by atoms with E-state index < -0.39 is 10.0 Å². The summed E-state index contributed by atoms with van der Waals surface area (Å²) >= 11 is 0. The number of para-hydroxylation sites is 1. The first-order chi connectivity index (χ1) is 14.7. The van der Waals surface area contributed by atoms with Crippen LogP contribution in [-0.2, 0) is 23.1 Å². The lowest BCUT2D eigenvalue weighted by atomic mass is 10.1. The topological polar surface area (TPSA) is 86.9 Å². The number of sulfonamides is 1. The van der Waals surface area contributed by atoms with E-state index in [-0.39, 0.29) is 34.9 Å². The van der Waals surface area contributed by atoms with Crippen LogP contribution in [0, 0.1) is 6.92 Å². The number of halogens is 1. The summed E-state index contributed by atoms with van der Waals surface area (Å²) in [4.78, 5) is 4.54. The van der Waals surface area contributed by atoms with Gasteiger partial charge in [-0.3, -0.25) is 4.99 Å². The van der Waals surface area contributed by atoms with Crippen molar-refractivity contribution < 1.29 is 12.8 Å². The van der Waals surface area contributed by atoms with Crippen LogP contribution in [0.25, 0.3) is 11.0 Å². The van der Waals surface area contributed by atoms with E-state index in [1.165, 1.54) is 4.31 Å². The molecule has 174 valence electrons. The molecule has 0 atom stereocenters. The van der Waals surface area contributed by atoms with Gasteiger partial charge in [0.1, 0.15) is 11.3 Å². The van der Waals surface area contributed by atoms with Gasteiger partial charge in [-0.1, -0.05) is 30.3 Å². The third-order valence-corrected chi connectivity index (χ3v) is 7.42. The first-order valence-corrected chi connectivity index (χ1v) is 11.7. The number of hydrogen-bond donors (Lipinski definition) is 2. The zero-order chi connectivity index (χ0) is 22.6. The van der Waals surface area contributed by atoms with Crippen molar-refractivity contribution in [3.05, 3.63) is 65.4 Å². The monoisotopic (exact) mass is 570 g/mol. The molecule has 0 fully saturated rings. The maximum absolute atomic E-state index is 12.6. The van der Waals surface area contributed by atoms with Crippen LogP contribution in [-0.4, -0.2) is 38.8 Å². The van der Waals surface area contributed by atoms with Gasteiger partial charge in [0.2, 0.25) is 10.0 Å². The van der Waals surface area contributed by atoms with Gasteiger partial charge in [0.05, 0.1) is 11.4 Å². The molecule has 1 heterocycles. The fourth-order valence-corrected chi connectivity index (χ4v) is 4.55. The Bertz CT molecular complexity index is 1170. The third kappa shape index (κ3) is 5.81. The van der Waals surface area contributed by atoms with Crippen molar-refractivity contribution in [1.29, 1.82) is 0 Å². The number of rotatable bonds is 7. The largest absolute Gasteiger partial charge is 0.459 e. The Kier molecular flexibility index (Phi) is 9.11. The van der Waals surface area contributed by atoms with E-state index in [4.69, 9.17) is 4.42 Å². The molecular formula is C23H31IN4O3S. The van der Waals surface area contributed by atoms with Gasteiger partial charge in [-0.25, -0.2) is 8.42 Å². The molecule has 32 heavy (non-hydrogen) atoms. The van der Waals surface area contributed by atoms with Crippen LogP contribution >= 0.6 is 24.0 Å². The molecule has 1 aromatic heterocycles. The van der Waals surface area contributed by atoms with Crippen molar-refractivity contribution in [2.45, 2.75) is 44.8 Å². The number of aliphatic imine (C=N–C) groups is 1. The molecule has 0 aliphatic carbocycles. The molecule has 0 radical (unpaired) electrons. The minimum Gasteiger partial charge on any atom is -0.459 e. The van der Waals surface area contributed by atoms with Crippen LogP contribution < -0.4 is 10.6 Å². The van der Waals surface area contributed by atoms with E-state index >= 15 is 0 Å². The zero-order valence-electron chi connectivity index (χ0n) is 19.0. The second-order valence-electron chi connectivity index (χ2n) is 7.68. The predicted octanol–water partition coefficient (Wildman–Crippen LogP) is 4.25. The van der Waals surface area contributed by atoms with Crippen LogP contribution in [0.4, 0.5) is 0 Å². The maximum atomic E-state index is 12.6. The molecule has 2 N–H and O–H groups in total. The van der Waals surface area contributed by atoms with Crippen LogP contribution in [0.15, 0.2) is 62.8 Å². The standard InChI is InChI=1S/C23H30N4O3S.HI/c1-16(2)27(5)31(28,29)19-12-10-18(11-13-19)14-25-23(24-4)26-15-22-17(3)20-8-6-7-9-21(20)30-22;/h6-13,16H,14-15H2,1-5H3,(H2,24,25,26);1H. The van der Waals surface area contributed by atoms with E-state index in [0.717, 1.165) is 27.9 Å². The Morgan fingerprint density at radius 3 is 2.28 bits per heavy atom. The van der Waals surface area contributed by atoms with Crippen LogP contribution in [0.3, 0.4) is 0 Å². The second-order valence-corrected chi connectivity index (χ2v) is 9.68. The Hall–Kier alpha value is -2.11. The zero-order valence-corrected chi connectivity index (χ0v) is 22.2. The fourth-order valence-electron chi connectivity index (χ4n) is 3.19. The van der Waals surface area contributed by atoms with Crippen molar-refractivity contribution >= 4 is 50.9 Å². The van der Waals surface area contributed by atoms with Crippen LogP contribution in [0.1, 0.15) is 30.7 Å². The fraction of sp³-hybridized carbons (Fsp3) is 0.348. The molecule has 0 amide bonds. The summed E-state index contributed by atoms with van der Waals surface area (Å²) in [7, 11) is -0.180. The van der Waals surface area contributed by atoms with Crippen molar-refractivity contribution in [2.75, 3.05) is 14.1 Å². The Labute approximate surface area is 207 Å². The van der Waals surface area contributed by atoms with E-state index in [1.54, 1.807) is 26.2 Å². The van der Waals surface area contributed by atoms with E-state index in [1.807, 2.05) is 57.2 Å². The summed E-state index contributed by atoms with van der Waals surface area (Å²) in [6, 6.07) is 14.8. The minimum absolute atomic E-state index is 0. The molecule has 2 aromatic carbocycles. The summed E-state index contributed by atoms with van der Waals surface area (Å²) in [5, 5.41) is 7.62. The van der Waals surface area contributed by atoms with E-state index in [9.17, 15) is 8.42 Å². The molecule has 3 aromatic rings. The highest BCUT2D eigenvalue weighted by atomic mass is 127. The molecule has 7 nitrogen and oxygen atoms in total. The first kappa shape index (κ1) is 26.1. The Morgan fingerprint density at radius 2 is 1.69 bits per heavy atom. The number of nitrogens with zero attached hydrogens (tertiary/aromatic N) is 2. The number of aryl methyl sites for hydroxylation is 1. The number of fused-ring (bicyclic) bond motifs is 1. The molecule has 0 bridgehead atoms. The quantitative estimate of drug-likeness (QED) is 0.252. The minimum atomic E-state index is -3.48. The van der Waals surface area contributed by atoms with Gasteiger partial charge in [-0.2, -0.15) is 4.31 Å². The van der Waals surface area contributed by atoms with Gasteiger partial charge in [0.15, 0.2) is 5.96 Å².